The highest BCUT2D eigenvalue weighted by molar-refractivity contribution is 5.45. The van der Waals surface area contributed by atoms with Gasteiger partial charge in [0.2, 0.25) is 0 Å². The predicted molar refractivity (Wildman–Crippen MR) is 46.1 cm³/mol. The van der Waals surface area contributed by atoms with E-state index in [0.717, 1.165) is 5.69 Å². The van der Waals surface area contributed by atoms with Crippen LogP contribution in [0.2, 0.25) is 0 Å². The van der Waals surface area contributed by atoms with Gasteiger partial charge in [-0.3, -0.25) is 4.98 Å². The van der Waals surface area contributed by atoms with Gasteiger partial charge in [-0.15, -0.1) is 0 Å². The molecule has 0 atom stereocenters. The third kappa shape index (κ3) is 1.29. The molecule has 0 N–H and O–H groups in total. The van der Waals surface area contributed by atoms with Gasteiger partial charge in [-0.1, -0.05) is 0 Å². The van der Waals surface area contributed by atoms with Crippen LogP contribution in [0, 0.1) is 0 Å². The lowest BCUT2D eigenvalue weighted by Gasteiger charge is -2.19. The van der Waals surface area contributed by atoms with Crippen LogP contribution in [0.15, 0.2) is 49.1 Å². The van der Waals surface area contributed by atoms with E-state index in [0.29, 0.717) is 0 Å². The Morgan fingerprint density at radius 2 is 2.00 bits per heavy atom. The minimum Gasteiger partial charge on any atom is -0.383 e. The number of pyridine rings is 1. The Hall–Kier alpha value is -1.77. The van der Waals surface area contributed by atoms with Crippen LogP contribution in [0.25, 0.3) is 0 Å². The van der Waals surface area contributed by atoms with Crippen molar-refractivity contribution in [2.45, 2.75) is 0 Å². The second kappa shape index (κ2) is 3.09. The largest absolute Gasteiger partial charge is 0.383 e. The Morgan fingerprint density at radius 3 is 2.67 bits per heavy atom. The molecule has 0 radical (unpaired) electrons. The van der Waals surface area contributed by atoms with Crippen LogP contribution in [0.4, 0.5) is 5.69 Å². The van der Waals surface area contributed by atoms with E-state index in [-0.39, 0.29) is 0 Å². The molecule has 0 unspecified atom stereocenters. The molecule has 3 nitrogen and oxygen atoms in total. The van der Waals surface area contributed by atoms with Crippen LogP contribution in [-0.2, 0) is 4.84 Å². The van der Waals surface area contributed by atoms with E-state index in [9.17, 15) is 0 Å². The van der Waals surface area contributed by atoms with Crippen molar-refractivity contribution in [3.8, 4) is 0 Å². The number of rotatable bonds is 1. The van der Waals surface area contributed by atoms with Crippen molar-refractivity contribution in [1.29, 1.82) is 0 Å². The lowest BCUT2D eigenvalue weighted by atomic mass is 10.4. The lowest BCUT2D eigenvalue weighted by molar-refractivity contribution is 0.245. The second-order valence-corrected chi connectivity index (χ2v) is 2.31. The molecule has 0 aromatic carbocycles. The number of hydrogen-bond donors (Lipinski definition) is 0. The Balaban J connectivity index is 2.21. The highest BCUT2D eigenvalue weighted by atomic mass is 16.7. The number of anilines is 1. The zero-order valence-corrected chi connectivity index (χ0v) is 6.42. The monoisotopic (exact) mass is 160 g/mol. The van der Waals surface area contributed by atoms with E-state index in [1.165, 1.54) is 0 Å². The van der Waals surface area contributed by atoms with E-state index < -0.39 is 0 Å². The summed E-state index contributed by atoms with van der Waals surface area (Å²) in [6, 6.07) is 3.76. The molecule has 0 saturated heterocycles. The van der Waals surface area contributed by atoms with Crippen molar-refractivity contribution in [2.75, 3.05) is 5.06 Å². The van der Waals surface area contributed by atoms with Crippen LogP contribution in [0.3, 0.4) is 0 Å². The fourth-order valence-electron chi connectivity index (χ4n) is 0.947. The van der Waals surface area contributed by atoms with Gasteiger partial charge in [0, 0.05) is 18.6 Å². The Labute approximate surface area is 70.6 Å². The van der Waals surface area contributed by atoms with E-state index >= 15 is 0 Å². The second-order valence-electron chi connectivity index (χ2n) is 2.31. The zero-order valence-electron chi connectivity index (χ0n) is 6.42. The minimum atomic E-state index is 0.964. The molecular formula is C9H8N2O. The summed E-state index contributed by atoms with van der Waals surface area (Å²) >= 11 is 0. The highest BCUT2D eigenvalue weighted by Crippen LogP contribution is 2.14. The summed E-state index contributed by atoms with van der Waals surface area (Å²) in [4.78, 5) is 9.12. The highest BCUT2D eigenvalue weighted by Gasteiger charge is 2.02. The molecule has 3 heteroatoms. The average molecular weight is 160 g/mol. The lowest BCUT2D eigenvalue weighted by Crippen LogP contribution is -2.14. The van der Waals surface area contributed by atoms with Crippen molar-refractivity contribution < 1.29 is 4.84 Å². The van der Waals surface area contributed by atoms with Gasteiger partial charge in [-0.05, 0) is 24.3 Å². The molecule has 2 heterocycles. The van der Waals surface area contributed by atoms with Crippen molar-refractivity contribution in [2.24, 2.45) is 0 Å². The third-order valence-electron chi connectivity index (χ3n) is 1.50. The number of aromatic nitrogens is 1. The van der Waals surface area contributed by atoms with E-state index in [4.69, 9.17) is 4.84 Å². The first-order chi connectivity index (χ1) is 5.97. The van der Waals surface area contributed by atoms with Crippen LogP contribution in [0.5, 0.6) is 0 Å². The van der Waals surface area contributed by atoms with Crippen LogP contribution in [-0.4, -0.2) is 4.98 Å². The van der Waals surface area contributed by atoms with Crippen molar-refractivity contribution >= 4 is 5.69 Å². The SMILES string of the molecule is C1=CON(c2ccncc2)C=C1. The maximum atomic E-state index is 5.20. The fraction of sp³-hybridized carbons (Fsp3) is 0. The van der Waals surface area contributed by atoms with Gasteiger partial charge in [0.1, 0.15) is 6.26 Å². The number of hydrogen-bond acceptors (Lipinski definition) is 3. The predicted octanol–water partition coefficient (Wildman–Crippen LogP) is 1.86. The van der Waals surface area contributed by atoms with Gasteiger partial charge in [0.25, 0.3) is 0 Å². The Bertz CT molecular complexity index is 306. The summed E-state index contributed by atoms with van der Waals surface area (Å²) in [7, 11) is 0. The summed E-state index contributed by atoms with van der Waals surface area (Å²) in [5, 5.41) is 1.67. The van der Waals surface area contributed by atoms with E-state index in [2.05, 4.69) is 4.98 Å². The van der Waals surface area contributed by atoms with Crippen molar-refractivity contribution in [3.63, 3.8) is 0 Å². The summed E-state index contributed by atoms with van der Waals surface area (Å²) in [5.74, 6) is 0. The van der Waals surface area contributed by atoms with E-state index in [1.54, 1.807) is 23.7 Å². The molecule has 60 valence electrons. The quantitative estimate of drug-likeness (QED) is 0.627. The smallest absolute Gasteiger partial charge is 0.120 e. The molecule has 0 bridgehead atoms. The van der Waals surface area contributed by atoms with Gasteiger partial charge >= 0.3 is 0 Å². The molecule has 0 saturated carbocycles. The number of nitrogens with zero attached hydrogens (tertiary/aromatic N) is 2. The first-order valence-electron chi connectivity index (χ1n) is 3.66. The number of allylic oxidation sites excluding steroid dienone is 2. The summed E-state index contributed by atoms with van der Waals surface area (Å²) < 4.78 is 0. The van der Waals surface area contributed by atoms with Crippen LogP contribution < -0.4 is 5.06 Å². The molecule has 0 amide bonds. The van der Waals surface area contributed by atoms with Gasteiger partial charge in [-0.25, -0.2) is 0 Å². The van der Waals surface area contributed by atoms with Crippen LogP contribution >= 0.6 is 0 Å². The fourth-order valence-corrected chi connectivity index (χ4v) is 0.947. The summed E-state index contributed by atoms with van der Waals surface area (Å²) in [5.41, 5.74) is 0.964. The average Bonchev–Trinajstić information content (AvgIpc) is 2.21. The Kier molecular flexibility index (Phi) is 1.78. The van der Waals surface area contributed by atoms with Gasteiger partial charge in [0.15, 0.2) is 0 Å². The molecule has 1 aliphatic heterocycles. The standard InChI is InChI=1S/C9H8N2O/c1-2-8-12-11(7-1)9-3-5-10-6-4-9/h1-8H. The molecular weight excluding hydrogens is 152 g/mol. The van der Waals surface area contributed by atoms with Crippen molar-refractivity contribution in [3.05, 3.63) is 49.1 Å². The minimum absolute atomic E-state index is 0.964. The first kappa shape index (κ1) is 6.91. The Morgan fingerprint density at radius 1 is 1.17 bits per heavy atom. The molecule has 1 aromatic heterocycles. The molecule has 0 fully saturated rings. The molecule has 12 heavy (non-hydrogen) atoms. The first-order valence-corrected chi connectivity index (χ1v) is 3.66. The summed E-state index contributed by atoms with van der Waals surface area (Å²) in [6.45, 7) is 0. The molecule has 0 spiro atoms. The van der Waals surface area contributed by atoms with Crippen molar-refractivity contribution in [1.82, 2.24) is 4.98 Å². The third-order valence-corrected chi connectivity index (χ3v) is 1.50. The van der Waals surface area contributed by atoms with E-state index in [1.807, 2.05) is 30.5 Å². The topological polar surface area (TPSA) is 25.4 Å². The number of hydroxylamine groups is 1. The molecule has 1 aromatic rings. The molecule has 0 aliphatic carbocycles. The molecule has 1 aliphatic rings. The van der Waals surface area contributed by atoms with Crippen LogP contribution in [0.1, 0.15) is 0 Å². The molecule has 2 rings (SSSR count). The summed E-state index contributed by atoms with van der Waals surface area (Å²) in [6.07, 6.45) is 10.7. The van der Waals surface area contributed by atoms with Gasteiger partial charge < -0.3 is 4.84 Å². The maximum absolute atomic E-state index is 5.20. The normalized spacial score (nSPS) is 14.5. The van der Waals surface area contributed by atoms with Gasteiger partial charge in [-0.2, -0.15) is 5.06 Å². The zero-order chi connectivity index (χ0) is 8.23. The van der Waals surface area contributed by atoms with Gasteiger partial charge in [0.05, 0.1) is 5.69 Å². The maximum Gasteiger partial charge on any atom is 0.120 e.